The molecule has 0 bridgehead atoms. The van der Waals surface area contributed by atoms with Crippen molar-refractivity contribution in [2.75, 3.05) is 20.8 Å². The number of benzene rings is 1. The van der Waals surface area contributed by atoms with Crippen LogP contribution in [0.5, 0.6) is 11.5 Å². The van der Waals surface area contributed by atoms with E-state index in [4.69, 9.17) is 9.47 Å². The van der Waals surface area contributed by atoms with Gasteiger partial charge in [0.15, 0.2) is 11.5 Å². The monoisotopic (exact) mass is 238 g/mol. The first-order valence-corrected chi connectivity index (χ1v) is 5.47. The van der Waals surface area contributed by atoms with Gasteiger partial charge in [0.1, 0.15) is 0 Å². The quantitative estimate of drug-likeness (QED) is 0.739. The molecule has 0 atom stereocenters. The van der Waals surface area contributed by atoms with Crippen molar-refractivity contribution in [3.05, 3.63) is 23.8 Å². The first kappa shape index (κ1) is 13.4. The van der Waals surface area contributed by atoms with Crippen LogP contribution in [0.1, 0.15) is 24.2 Å². The number of ether oxygens (including phenoxy) is 3. The largest absolute Gasteiger partial charge is 0.493 e. The molecule has 94 valence electrons. The summed E-state index contributed by atoms with van der Waals surface area (Å²) >= 11 is 0. The number of carbonyl (C=O) groups is 1. The van der Waals surface area contributed by atoms with Crippen molar-refractivity contribution >= 4 is 5.97 Å². The van der Waals surface area contributed by atoms with E-state index in [0.717, 1.165) is 0 Å². The minimum Gasteiger partial charge on any atom is -0.493 e. The Morgan fingerprint density at radius 1 is 1.24 bits per heavy atom. The molecule has 0 aliphatic heterocycles. The normalized spacial score (nSPS) is 10.2. The minimum absolute atomic E-state index is 0.390. The summed E-state index contributed by atoms with van der Waals surface area (Å²) in [7, 11) is 2.89. The van der Waals surface area contributed by atoms with Crippen LogP contribution in [0.25, 0.3) is 0 Å². The van der Waals surface area contributed by atoms with Gasteiger partial charge >= 0.3 is 5.97 Å². The van der Waals surface area contributed by atoms with E-state index >= 15 is 0 Å². The zero-order valence-corrected chi connectivity index (χ0v) is 10.6. The van der Waals surface area contributed by atoms with Crippen LogP contribution < -0.4 is 9.47 Å². The number of carbonyl (C=O) groups excluding carboxylic acids is 1. The minimum atomic E-state index is -0.390. The molecule has 0 fully saturated rings. The van der Waals surface area contributed by atoms with Gasteiger partial charge in [0, 0.05) is 0 Å². The number of methoxy groups -OCH3 is 2. The summed E-state index contributed by atoms with van der Waals surface area (Å²) < 4.78 is 15.4. The summed E-state index contributed by atoms with van der Waals surface area (Å²) in [5.74, 6) is 1.21. The maximum Gasteiger partial charge on any atom is 0.337 e. The average molecular weight is 238 g/mol. The van der Waals surface area contributed by atoms with Gasteiger partial charge in [0.2, 0.25) is 0 Å². The molecule has 0 aliphatic carbocycles. The van der Waals surface area contributed by atoms with Crippen LogP contribution in [0, 0.1) is 5.92 Å². The molecule has 0 saturated heterocycles. The van der Waals surface area contributed by atoms with E-state index in [2.05, 4.69) is 18.6 Å². The molecule has 0 saturated carbocycles. The first-order valence-electron chi connectivity index (χ1n) is 5.47. The Morgan fingerprint density at radius 2 is 1.94 bits per heavy atom. The molecule has 1 aromatic carbocycles. The SMILES string of the molecule is COC(=O)c1ccc(OCC(C)C)c(OC)c1. The van der Waals surface area contributed by atoms with Crippen LogP contribution in [-0.2, 0) is 4.74 Å². The van der Waals surface area contributed by atoms with E-state index in [1.807, 2.05) is 0 Å². The molecular formula is C13H18O4. The third-order valence-corrected chi connectivity index (χ3v) is 2.16. The van der Waals surface area contributed by atoms with Crippen LogP contribution in [0.2, 0.25) is 0 Å². The zero-order chi connectivity index (χ0) is 12.8. The highest BCUT2D eigenvalue weighted by Crippen LogP contribution is 2.28. The van der Waals surface area contributed by atoms with Crippen LogP contribution in [-0.4, -0.2) is 26.8 Å². The molecule has 0 aromatic heterocycles. The van der Waals surface area contributed by atoms with Gasteiger partial charge in [-0.3, -0.25) is 0 Å². The van der Waals surface area contributed by atoms with Gasteiger partial charge in [0.25, 0.3) is 0 Å². The molecule has 0 N–H and O–H groups in total. The average Bonchev–Trinajstić information content (AvgIpc) is 2.34. The summed E-state index contributed by atoms with van der Waals surface area (Å²) in [6.45, 7) is 4.73. The number of esters is 1. The number of hydrogen-bond acceptors (Lipinski definition) is 4. The molecule has 1 aromatic rings. The molecule has 4 nitrogen and oxygen atoms in total. The van der Waals surface area contributed by atoms with Crippen molar-refractivity contribution in [3.8, 4) is 11.5 Å². The van der Waals surface area contributed by atoms with Gasteiger partial charge in [-0.25, -0.2) is 4.79 Å². The second-order valence-electron chi connectivity index (χ2n) is 4.06. The molecule has 17 heavy (non-hydrogen) atoms. The topological polar surface area (TPSA) is 44.8 Å². The molecule has 0 heterocycles. The molecule has 0 aliphatic rings. The fourth-order valence-electron chi connectivity index (χ4n) is 1.29. The van der Waals surface area contributed by atoms with Crippen molar-refractivity contribution in [2.24, 2.45) is 5.92 Å². The second kappa shape index (κ2) is 6.13. The van der Waals surface area contributed by atoms with E-state index in [1.165, 1.54) is 7.11 Å². The Morgan fingerprint density at radius 3 is 2.47 bits per heavy atom. The van der Waals surface area contributed by atoms with E-state index in [1.54, 1.807) is 25.3 Å². The molecule has 4 heteroatoms. The van der Waals surface area contributed by atoms with E-state index in [9.17, 15) is 4.79 Å². The van der Waals surface area contributed by atoms with Gasteiger partial charge in [-0.05, 0) is 24.1 Å². The van der Waals surface area contributed by atoms with Crippen LogP contribution >= 0.6 is 0 Å². The smallest absolute Gasteiger partial charge is 0.337 e. The van der Waals surface area contributed by atoms with Crippen molar-refractivity contribution < 1.29 is 19.0 Å². The van der Waals surface area contributed by atoms with Crippen LogP contribution in [0.4, 0.5) is 0 Å². The lowest BCUT2D eigenvalue weighted by Crippen LogP contribution is -2.07. The lowest BCUT2D eigenvalue weighted by molar-refractivity contribution is 0.0600. The van der Waals surface area contributed by atoms with Gasteiger partial charge in [-0.2, -0.15) is 0 Å². The van der Waals surface area contributed by atoms with Gasteiger partial charge in [-0.15, -0.1) is 0 Å². The van der Waals surface area contributed by atoms with Crippen LogP contribution in [0.15, 0.2) is 18.2 Å². The molecule has 0 amide bonds. The van der Waals surface area contributed by atoms with Gasteiger partial charge in [0.05, 0.1) is 26.4 Å². The Balaban J connectivity index is 2.89. The van der Waals surface area contributed by atoms with Crippen molar-refractivity contribution in [2.45, 2.75) is 13.8 Å². The summed E-state index contributed by atoms with van der Waals surface area (Å²) in [6, 6.07) is 4.99. The van der Waals surface area contributed by atoms with Crippen molar-refractivity contribution in [1.82, 2.24) is 0 Å². The van der Waals surface area contributed by atoms with E-state index in [0.29, 0.717) is 29.6 Å². The summed E-state index contributed by atoms with van der Waals surface area (Å²) in [6.07, 6.45) is 0. The molecular weight excluding hydrogens is 220 g/mol. The Hall–Kier alpha value is -1.71. The zero-order valence-electron chi connectivity index (χ0n) is 10.6. The summed E-state index contributed by atoms with van der Waals surface area (Å²) in [5, 5.41) is 0. The van der Waals surface area contributed by atoms with Crippen molar-refractivity contribution in [3.63, 3.8) is 0 Å². The first-order chi connectivity index (χ1) is 8.08. The fraction of sp³-hybridized carbons (Fsp3) is 0.462. The third kappa shape index (κ3) is 3.66. The Bertz CT molecular complexity index is 385. The fourth-order valence-corrected chi connectivity index (χ4v) is 1.29. The second-order valence-corrected chi connectivity index (χ2v) is 4.06. The predicted octanol–water partition coefficient (Wildman–Crippen LogP) is 2.52. The highest BCUT2D eigenvalue weighted by atomic mass is 16.5. The standard InChI is InChI=1S/C13H18O4/c1-9(2)8-17-11-6-5-10(13(14)16-4)7-12(11)15-3/h5-7,9H,8H2,1-4H3. The Kier molecular flexibility index (Phi) is 4.82. The maximum atomic E-state index is 11.3. The molecule has 0 radical (unpaired) electrons. The van der Waals surface area contributed by atoms with Gasteiger partial charge < -0.3 is 14.2 Å². The van der Waals surface area contributed by atoms with E-state index in [-0.39, 0.29) is 0 Å². The summed E-state index contributed by atoms with van der Waals surface area (Å²) in [4.78, 5) is 11.3. The van der Waals surface area contributed by atoms with Crippen LogP contribution in [0.3, 0.4) is 0 Å². The third-order valence-electron chi connectivity index (χ3n) is 2.16. The maximum absolute atomic E-state index is 11.3. The lowest BCUT2D eigenvalue weighted by atomic mass is 10.2. The lowest BCUT2D eigenvalue weighted by Gasteiger charge is -2.13. The highest BCUT2D eigenvalue weighted by molar-refractivity contribution is 5.90. The van der Waals surface area contributed by atoms with Crippen molar-refractivity contribution in [1.29, 1.82) is 0 Å². The number of hydrogen-bond donors (Lipinski definition) is 0. The highest BCUT2D eigenvalue weighted by Gasteiger charge is 2.11. The predicted molar refractivity (Wildman–Crippen MR) is 64.7 cm³/mol. The molecule has 0 spiro atoms. The Labute approximate surface area is 101 Å². The van der Waals surface area contributed by atoms with E-state index < -0.39 is 5.97 Å². The van der Waals surface area contributed by atoms with Gasteiger partial charge in [-0.1, -0.05) is 13.8 Å². The molecule has 0 unspecified atom stereocenters. The number of rotatable bonds is 5. The summed E-state index contributed by atoms with van der Waals surface area (Å²) in [5.41, 5.74) is 0.446. The molecule has 1 rings (SSSR count).